The Kier molecular flexibility index (Phi) is 5.42. The lowest BCUT2D eigenvalue weighted by molar-refractivity contribution is -0.583. The van der Waals surface area contributed by atoms with Gasteiger partial charge in [-0.25, -0.2) is 0 Å². The summed E-state index contributed by atoms with van der Waals surface area (Å²) in [5, 5.41) is 26.3. The van der Waals surface area contributed by atoms with E-state index >= 15 is 0 Å². The van der Waals surface area contributed by atoms with E-state index < -0.39 is 0 Å². The number of fused-ring (bicyclic) bond motifs is 3. The van der Waals surface area contributed by atoms with E-state index in [4.69, 9.17) is 16.3 Å². The molecule has 0 spiro atoms. The van der Waals surface area contributed by atoms with Crippen LogP contribution in [0.1, 0.15) is 42.8 Å². The highest BCUT2D eigenvalue weighted by molar-refractivity contribution is 7.18. The van der Waals surface area contributed by atoms with Gasteiger partial charge in [-0.1, -0.05) is 60.3 Å². The van der Waals surface area contributed by atoms with E-state index in [-0.39, 0.29) is 28.4 Å². The number of nitrogens with zero attached hydrogens (tertiary/aromatic N) is 2. The lowest BCUT2D eigenvalue weighted by Crippen LogP contribution is -2.35. The zero-order valence-corrected chi connectivity index (χ0v) is 20.9. The van der Waals surface area contributed by atoms with Crippen molar-refractivity contribution in [3.63, 3.8) is 0 Å². The van der Waals surface area contributed by atoms with E-state index in [2.05, 4.69) is 13.8 Å². The Bertz CT molecular complexity index is 1430. The summed E-state index contributed by atoms with van der Waals surface area (Å²) in [6.45, 7) is 4.32. The lowest BCUT2D eigenvalue weighted by atomic mass is 9.77. The first-order chi connectivity index (χ1) is 15.7. The molecule has 0 bridgehead atoms. The van der Waals surface area contributed by atoms with E-state index in [1.165, 1.54) is 31.7 Å². The number of halogens is 1. The van der Waals surface area contributed by atoms with Crippen molar-refractivity contribution in [1.29, 1.82) is 0 Å². The Labute approximate surface area is 203 Å². The number of thiazole rings is 1. The summed E-state index contributed by atoms with van der Waals surface area (Å²) in [6.07, 6.45) is 3.00. The molecule has 3 heterocycles. The fourth-order valence-electron chi connectivity index (χ4n) is 4.71. The summed E-state index contributed by atoms with van der Waals surface area (Å²) in [5.41, 5.74) is 3.05. The van der Waals surface area contributed by atoms with Gasteiger partial charge in [0.15, 0.2) is 0 Å². The first kappa shape index (κ1) is 22.3. The van der Waals surface area contributed by atoms with Crippen molar-refractivity contribution < 1.29 is 14.6 Å². The lowest BCUT2D eigenvalue weighted by Gasteiger charge is -2.29. The van der Waals surface area contributed by atoms with Crippen molar-refractivity contribution in [2.24, 2.45) is 0 Å². The third kappa shape index (κ3) is 3.52. The van der Waals surface area contributed by atoms with Crippen LogP contribution in [0.5, 0.6) is 11.6 Å². The Morgan fingerprint density at radius 1 is 1.30 bits per heavy atom. The third-order valence-electron chi connectivity index (χ3n) is 6.43. The van der Waals surface area contributed by atoms with Crippen molar-refractivity contribution in [3.05, 3.63) is 65.7 Å². The largest absolute Gasteiger partial charge is 0.617 e. The molecule has 0 atom stereocenters. The number of benzene rings is 1. The molecule has 0 amide bonds. The summed E-state index contributed by atoms with van der Waals surface area (Å²) < 4.78 is 7.34. The molecular weight excluding hydrogens is 480 g/mol. The monoisotopic (exact) mass is 502 g/mol. The van der Waals surface area contributed by atoms with Gasteiger partial charge in [-0.2, -0.15) is 4.73 Å². The maximum Gasteiger partial charge on any atom is 0.310 e. The number of thiophene rings is 1. The van der Waals surface area contributed by atoms with Gasteiger partial charge >= 0.3 is 4.87 Å². The predicted octanol–water partition coefficient (Wildman–Crippen LogP) is 5.45. The first-order valence-corrected chi connectivity index (χ1v) is 12.7. The van der Waals surface area contributed by atoms with Crippen LogP contribution in [0.3, 0.4) is 0 Å². The maximum absolute atomic E-state index is 13.6. The molecule has 0 unspecified atom stereocenters. The van der Waals surface area contributed by atoms with Gasteiger partial charge in [0.1, 0.15) is 17.3 Å². The molecule has 0 radical (unpaired) electrons. The topological polar surface area (TPSA) is 78.4 Å². The van der Waals surface area contributed by atoms with Gasteiger partial charge in [0.25, 0.3) is 4.83 Å². The van der Waals surface area contributed by atoms with Crippen LogP contribution < -0.4 is 14.3 Å². The average Bonchev–Trinajstić information content (AvgIpc) is 3.33. The number of hydrogen-bond donors (Lipinski definition) is 1. The van der Waals surface area contributed by atoms with Crippen LogP contribution in [0.2, 0.25) is 5.02 Å². The summed E-state index contributed by atoms with van der Waals surface area (Å²) in [5.74, 6) is 0.545. The average molecular weight is 503 g/mol. The first-order valence-electron chi connectivity index (χ1n) is 10.6. The zero-order valence-electron chi connectivity index (χ0n) is 18.5. The van der Waals surface area contributed by atoms with Gasteiger partial charge in [0, 0.05) is 10.4 Å². The molecule has 5 rings (SSSR count). The number of hydrogen-bond acceptors (Lipinski definition) is 6. The van der Waals surface area contributed by atoms with E-state index in [1.54, 1.807) is 7.11 Å². The van der Waals surface area contributed by atoms with Crippen LogP contribution in [0.15, 0.2) is 34.4 Å². The number of methoxy groups -OCH3 is 1. The zero-order chi connectivity index (χ0) is 23.5. The van der Waals surface area contributed by atoms with E-state index in [9.17, 15) is 15.1 Å². The highest BCUT2D eigenvalue weighted by Crippen LogP contribution is 2.49. The summed E-state index contributed by atoms with van der Waals surface area (Å²) in [7, 11) is 1.61. The number of rotatable bonds is 4. The van der Waals surface area contributed by atoms with Crippen LogP contribution in [0.25, 0.3) is 21.3 Å². The Morgan fingerprint density at radius 2 is 2.03 bits per heavy atom. The van der Waals surface area contributed by atoms with E-state index in [1.807, 2.05) is 24.3 Å². The fraction of sp³-hybridized carbons (Fsp3) is 0.333. The van der Waals surface area contributed by atoms with Gasteiger partial charge in [0.2, 0.25) is 11.6 Å². The predicted molar refractivity (Wildman–Crippen MR) is 133 cm³/mol. The number of aryl methyl sites for hydroxylation is 1. The molecule has 6 nitrogen and oxygen atoms in total. The quantitative estimate of drug-likeness (QED) is 0.297. The van der Waals surface area contributed by atoms with Crippen LogP contribution in [-0.2, 0) is 18.4 Å². The minimum atomic E-state index is -0.346. The molecular formula is C24H23ClN2O4S2. The summed E-state index contributed by atoms with van der Waals surface area (Å²) >= 11 is 9.35. The Morgan fingerprint density at radius 3 is 2.67 bits per heavy atom. The van der Waals surface area contributed by atoms with Crippen molar-refractivity contribution in [2.45, 2.75) is 45.1 Å². The minimum Gasteiger partial charge on any atom is -0.617 e. The molecule has 3 aromatic heterocycles. The van der Waals surface area contributed by atoms with Crippen LogP contribution in [-0.4, -0.2) is 16.8 Å². The molecule has 9 heteroatoms. The van der Waals surface area contributed by atoms with Crippen LogP contribution >= 0.6 is 34.3 Å². The Balaban J connectivity index is 1.85. The third-order valence-corrected chi connectivity index (χ3v) is 9.16. The van der Waals surface area contributed by atoms with Crippen molar-refractivity contribution in [1.82, 2.24) is 4.57 Å². The Hall–Kier alpha value is -2.55. The smallest absolute Gasteiger partial charge is 0.310 e. The fourth-order valence-corrected chi connectivity index (χ4v) is 7.08. The van der Waals surface area contributed by atoms with Crippen LogP contribution in [0.4, 0.5) is 0 Å². The molecule has 0 saturated carbocycles. The van der Waals surface area contributed by atoms with Gasteiger partial charge in [-0.05, 0) is 47.9 Å². The van der Waals surface area contributed by atoms with Gasteiger partial charge < -0.3 is 15.1 Å². The molecule has 33 heavy (non-hydrogen) atoms. The number of aromatic nitrogens is 2. The molecule has 1 aliphatic rings. The van der Waals surface area contributed by atoms with Crippen molar-refractivity contribution in [3.8, 4) is 22.8 Å². The molecule has 0 saturated heterocycles. The molecule has 0 fully saturated rings. The second-order valence-electron chi connectivity index (χ2n) is 8.93. The van der Waals surface area contributed by atoms with E-state index in [0.29, 0.717) is 9.85 Å². The molecule has 0 aliphatic heterocycles. The maximum atomic E-state index is 13.6. The summed E-state index contributed by atoms with van der Waals surface area (Å²) in [4.78, 5) is 13.7. The van der Waals surface area contributed by atoms with Gasteiger partial charge in [0.05, 0.1) is 17.9 Å². The number of aromatic hydroxyl groups is 1. The van der Waals surface area contributed by atoms with Crippen molar-refractivity contribution in [2.75, 3.05) is 7.11 Å². The SMILES string of the molecule is COc1ccc(-c2c(Cl)c(Cn3c(O)csc3=O)[n+]([O-])c3sc4c(c23)CCCC4(C)C)cc1. The molecule has 4 aromatic rings. The summed E-state index contributed by atoms with van der Waals surface area (Å²) in [6, 6.07) is 7.61. The second-order valence-corrected chi connectivity index (χ2v) is 11.1. The second kappa shape index (κ2) is 8.04. The highest BCUT2D eigenvalue weighted by Gasteiger charge is 2.36. The van der Waals surface area contributed by atoms with Gasteiger partial charge in [-0.3, -0.25) is 9.36 Å². The van der Waals surface area contributed by atoms with Gasteiger partial charge in [-0.15, -0.1) is 0 Å². The minimum absolute atomic E-state index is 0.0311. The van der Waals surface area contributed by atoms with Crippen LogP contribution in [0, 0.1) is 5.21 Å². The number of pyridine rings is 1. The molecule has 1 aromatic carbocycles. The number of ether oxygens (including phenoxy) is 1. The standard InChI is InChI=1S/C24H23ClN2O4S2/c1-24(2)10-4-5-15-19-18(13-6-8-14(31-3)9-7-13)20(25)16(27(30)22(19)33-21(15)24)11-26-17(28)12-32-23(26)29/h6-9,12,28H,4-5,10-11H2,1-3H3. The van der Waals surface area contributed by atoms with Crippen molar-refractivity contribution >= 4 is 44.5 Å². The molecule has 1 aliphatic carbocycles. The van der Waals surface area contributed by atoms with E-state index in [0.717, 1.165) is 57.6 Å². The highest BCUT2D eigenvalue weighted by atomic mass is 35.5. The molecule has 1 N–H and O–H groups in total. The molecule has 172 valence electrons. The normalized spacial score (nSPS) is 15.0.